The molecule has 0 aliphatic carbocycles. The van der Waals surface area contributed by atoms with E-state index in [0.29, 0.717) is 42.3 Å². The largest absolute Gasteiger partial charge is 0.455 e. The van der Waals surface area contributed by atoms with Crippen molar-refractivity contribution in [1.82, 2.24) is 4.90 Å². The van der Waals surface area contributed by atoms with E-state index in [1.165, 1.54) is 24.3 Å². The Morgan fingerprint density at radius 1 is 1.00 bits per heavy atom. The first-order valence-corrected chi connectivity index (χ1v) is 10.7. The number of halogens is 1. The van der Waals surface area contributed by atoms with Gasteiger partial charge in [-0.15, -0.1) is 0 Å². The average Bonchev–Trinajstić information content (AvgIpc) is 2.82. The van der Waals surface area contributed by atoms with Gasteiger partial charge in [0, 0.05) is 18.7 Å². The van der Waals surface area contributed by atoms with E-state index in [-0.39, 0.29) is 23.5 Å². The number of nitrogens with zero attached hydrogens (tertiary/aromatic N) is 1. The molecule has 6 heteroatoms. The summed E-state index contributed by atoms with van der Waals surface area (Å²) in [4.78, 5) is 27.4. The van der Waals surface area contributed by atoms with E-state index in [1.807, 2.05) is 43.3 Å². The molecule has 32 heavy (non-hydrogen) atoms. The summed E-state index contributed by atoms with van der Waals surface area (Å²) < 4.78 is 19.1. The first kappa shape index (κ1) is 21.6. The van der Waals surface area contributed by atoms with Gasteiger partial charge < -0.3 is 15.0 Å². The first-order chi connectivity index (χ1) is 15.5. The molecule has 0 radical (unpaired) electrons. The molecule has 1 heterocycles. The Kier molecular flexibility index (Phi) is 6.50. The molecule has 1 aliphatic heterocycles. The molecule has 1 N–H and O–H groups in total. The van der Waals surface area contributed by atoms with Crippen LogP contribution in [0.4, 0.5) is 10.1 Å². The number of carbonyl (C=O) groups is 2. The van der Waals surface area contributed by atoms with Gasteiger partial charge in [0.1, 0.15) is 11.6 Å². The zero-order valence-electron chi connectivity index (χ0n) is 17.9. The maximum atomic E-state index is 13.2. The fourth-order valence-corrected chi connectivity index (χ4v) is 3.78. The van der Waals surface area contributed by atoms with E-state index < -0.39 is 0 Å². The van der Waals surface area contributed by atoms with Gasteiger partial charge in [0.2, 0.25) is 5.91 Å². The first-order valence-electron chi connectivity index (χ1n) is 10.7. The highest BCUT2D eigenvalue weighted by atomic mass is 19.1. The van der Waals surface area contributed by atoms with Crippen LogP contribution < -0.4 is 10.1 Å². The molecule has 0 aromatic heterocycles. The van der Waals surface area contributed by atoms with Crippen molar-refractivity contribution >= 4 is 17.5 Å². The van der Waals surface area contributed by atoms with Crippen molar-refractivity contribution in [3.05, 3.63) is 89.7 Å². The van der Waals surface area contributed by atoms with Crippen LogP contribution in [0.1, 0.15) is 28.8 Å². The van der Waals surface area contributed by atoms with Crippen molar-refractivity contribution in [3.8, 4) is 11.5 Å². The SMILES string of the molecule is Cc1ccc(Oc2ccccc2NC(=O)[C@H]2CCCN(C(=O)c3ccc(F)cc3)C2)cc1. The number of rotatable bonds is 5. The standard InChI is InChI=1S/C26H25FN2O3/c1-18-8-14-22(15-9-18)32-24-7-3-2-6-23(24)28-25(30)20-5-4-16-29(17-20)26(31)19-10-12-21(27)13-11-19/h2-3,6-15,20H,4-5,16-17H2,1H3,(H,28,30)/t20-/m0/s1. The molecule has 5 nitrogen and oxygen atoms in total. The number of aryl methyl sites for hydroxylation is 1. The predicted molar refractivity (Wildman–Crippen MR) is 121 cm³/mol. The third-order valence-corrected chi connectivity index (χ3v) is 5.56. The molecule has 3 aromatic rings. The Labute approximate surface area is 186 Å². The minimum absolute atomic E-state index is 0.151. The molecule has 0 saturated carbocycles. The third kappa shape index (κ3) is 5.14. The molecule has 1 aliphatic rings. The summed E-state index contributed by atoms with van der Waals surface area (Å²) in [7, 11) is 0. The Bertz CT molecular complexity index is 1100. The van der Waals surface area contributed by atoms with Crippen LogP contribution in [-0.4, -0.2) is 29.8 Å². The normalized spacial score (nSPS) is 15.8. The topological polar surface area (TPSA) is 58.6 Å². The number of nitrogens with one attached hydrogen (secondary N) is 1. The number of hydrogen-bond acceptors (Lipinski definition) is 3. The lowest BCUT2D eigenvalue weighted by Crippen LogP contribution is -2.43. The summed E-state index contributed by atoms with van der Waals surface area (Å²) in [5.41, 5.74) is 2.14. The van der Waals surface area contributed by atoms with Gasteiger partial charge in [-0.05, 0) is 68.3 Å². The van der Waals surface area contributed by atoms with Gasteiger partial charge >= 0.3 is 0 Å². The van der Waals surface area contributed by atoms with Crippen LogP contribution in [0.5, 0.6) is 11.5 Å². The Balaban J connectivity index is 1.43. The summed E-state index contributed by atoms with van der Waals surface area (Å²) in [6.07, 6.45) is 1.42. The minimum Gasteiger partial charge on any atom is -0.455 e. The molecule has 2 amide bonds. The second kappa shape index (κ2) is 9.64. The summed E-state index contributed by atoms with van der Waals surface area (Å²) in [5.74, 6) is 0.183. The highest BCUT2D eigenvalue weighted by Gasteiger charge is 2.29. The van der Waals surface area contributed by atoms with Crippen molar-refractivity contribution in [2.75, 3.05) is 18.4 Å². The van der Waals surface area contributed by atoms with Crippen LogP contribution in [-0.2, 0) is 4.79 Å². The van der Waals surface area contributed by atoms with Crippen molar-refractivity contribution in [2.24, 2.45) is 5.92 Å². The molecule has 0 bridgehead atoms. The van der Waals surface area contributed by atoms with Crippen LogP contribution >= 0.6 is 0 Å². The lowest BCUT2D eigenvalue weighted by atomic mass is 9.96. The van der Waals surface area contributed by atoms with Crippen LogP contribution in [0.25, 0.3) is 0 Å². The summed E-state index contributed by atoms with van der Waals surface area (Å²) in [5, 5.41) is 2.97. The second-order valence-electron chi connectivity index (χ2n) is 8.00. The molecule has 164 valence electrons. The van der Waals surface area contributed by atoms with Gasteiger partial charge in [0.25, 0.3) is 5.91 Å². The molecule has 1 atom stereocenters. The Morgan fingerprint density at radius 3 is 2.47 bits per heavy atom. The van der Waals surface area contributed by atoms with E-state index in [4.69, 9.17) is 4.74 Å². The van der Waals surface area contributed by atoms with Gasteiger partial charge in [0.15, 0.2) is 5.75 Å². The van der Waals surface area contributed by atoms with E-state index >= 15 is 0 Å². The summed E-state index contributed by atoms with van der Waals surface area (Å²) in [6, 6.07) is 20.5. The molecule has 1 saturated heterocycles. The number of amides is 2. The predicted octanol–water partition coefficient (Wildman–Crippen LogP) is 5.42. The van der Waals surface area contributed by atoms with Gasteiger partial charge in [0.05, 0.1) is 11.6 Å². The van der Waals surface area contributed by atoms with E-state index in [2.05, 4.69) is 5.32 Å². The Hall–Kier alpha value is -3.67. The summed E-state index contributed by atoms with van der Waals surface area (Å²) in [6.45, 7) is 2.91. The van der Waals surface area contributed by atoms with Crippen molar-refractivity contribution in [3.63, 3.8) is 0 Å². The van der Waals surface area contributed by atoms with Gasteiger partial charge in [-0.25, -0.2) is 4.39 Å². The molecule has 3 aromatic carbocycles. The molecule has 0 unspecified atom stereocenters. The number of anilines is 1. The van der Waals surface area contributed by atoms with Crippen molar-refractivity contribution in [1.29, 1.82) is 0 Å². The number of hydrogen-bond donors (Lipinski definition) is 1. The quantitative estimate of drug-likeness (QED) is 0.586. The van der Waals surface area contributed by atoms with Crippen molar-refractivity contribution < 1.29 is 18.7 Å². The maximum Gasteiger partial charge on any atom is 0.253 e. The van der Waals surface area contributed by atoms with Crippen LogP contribution in [0.15, 0.2) is 72.8 Å². The highest BCUT2D eigenvalue weighted by Crippen LogP contribution is 2.30. The fourth-order valence-electron chi connectivity index (χ4n) is 3.78. The summed E-state index contributed by atoms with van der Waals surface area (Å²) >= 11 is 0. The second-order valence-corrected chi connectivity index (χ2v) is 8.00. The van der Waals surface area contributed by atoms with E-state index in [9.17, 15) is 14.0 Å². The number of piperidine rings is 1. The van der Waals surface area contributed by atoms with Crippen LogP contribution in [0.3, 0.4) is 0 Å². The smallest absolute Gasteiger partial charge is 0.253 e. The average molecular weight is 432 g/mol. The molecule has 4 rings (SSSR count). The number of ether oxygens (including phenoxy) is 1. The maximum absolute atomic E-state index is 13.2. The molecular formula is C26H25FN2O3. The monoisotopic (exact) mass is 432 g/mol. The molecule has 1 fully saturated rings. The van der Waals surface area contributed by atoms with Crippen molar-refractivity contribution in [2.45, 2.75) is 19.8 Å². The van der Waals surface area contributed by atoms with E-state index in [0.717, 1.165) is 12.0 Å². The third-order valence-electron chi connectivity index (χ3n) is 5.56. The number of likely N-dealkylation sites (tertiary alicyclic amines) is 1. The van der Waals surface area contributed by atoms with Crippen LogP contribution in [0.2, 0.25) is 0 Å². The van der Waals surface area contributed by atoms with E-state index in [1.54, 1.807) is 17.0 Å². The van der Waals surface area contributed by atoms with Gasteiger partial charge in [-0.3, -0.25) is 9.59 Å². The van der Waals surface area contributed by atoms with Gasteiger partial charge in [-0.2, -0.15) is 0 Å². The Morgan fingerprint density at radius 2 is 1.72 bits per heavy atom. The highest BCUT2D eigenvalue weighted by molar-refractivity contribution is 5.96. The number of para-hydroxylation sites is 2. The zero-order valence-corrected chi connectivity index (χ0v) is 17.9. The lowest BCUT2D eigenvalue weighted by Gasteiger charge is -2.32. The fraction of sp³-hybridized carbons (Fsp3) is 0.231. The number of carbonyl (C=O) groups excluding carboxylic acids is 2. The molecular weight excluding hydrogens is 407 g/mol. The minimum atomic E-state index is -0.385. The lowest BCUT2D eigenvalue weighted by molar-refractivity contribution is -0.121. The molecule has 0 spiro atoms. The zero-order chi connectivity index (χ0) is 22.5. The van der Waals surface area contributed by atoms with Gasteiger partial charge in [-0.1, -0.05) is 29.8 Å². The van der Waals surface area contributed by atoms with Crippen LogP contribution in [0, 0.1) is 18.7 Å². The number of benzene rings is 3.